The van der Waals surface area contributed by atoms with E-state index in [2.05, 4.69) is 38.1 Å². The zero-order chi connectivity index (χ0) is 18.1. The van der Waals surface area contributed by atoms with E-state index in [0.29, 0.717) is 23.5 Å². The highest BCUT2D eigenvalue weighted by atomic mass is 35.5. The van der Waals surface area contributed by atoms with Gasteiger partial charge in [0.15, 0.2) is 6.29 Å². The first-order valence-electron chi connectivity index (χ1n) is 9.33. The van der Waals surface area contributed by atoms with Crippen molar-refractivity contribution in [3.05, 3.63) is 70.7 Å². The molecule has 2 aliphatic rings. The molecule has 6 unspecified atom stereocenters. The summed E-state index contributed by atoms with van der Waals surface area (Å²) in [7, 11) is 0. The minimum Gasteiger partial charge on any atom is -0.369 e. The number of ether oxygens (including phenoxy) is 3. The molecule has 0 amide bonds. The molecule has 4 heteroatoms. The Kier molecular flexibility index (Phi) is 5.32. The van der Waals surface area contributed by atoms with Gasteiger partial charge >= 0.3 is 0 Å². The Balaban J connectivity index is 1.45. The number of hydrogen-bond acceptors (Lipinski definition) is 3. The molecule has 0 spiro atoms. The van der Waals surface area contributed by atoms with Gasteiger partial charge in [0, 0.05) is 10.6 Å². The summed E-state index contributed by atoms with van der Waals surface area (Å²) in [5.74, 6) is 0.821. The van der Waals surface area contributed by atoms with Crippen LogP contribution >= 0.6 is 11.6 Å². The monoisotopic (exact) mass is 372 g/mol. The van der Waals surface area contributed by atoms with Gasteiger partial charge < -0.3 is 14.2 Å². The summed E-state index contributed by atoms with van der Waals surface area (Å²) in [6.45, 7) is 5.10. The molecule has 4 rings (SSSR count). The maximum atomic E-state index is 6.41. The summed E-state index contributed by atoms with van der Waals surface area (Å²) in [6, 6.07) is 18.2. The van der Waals surface area contributed by atoms with Crippen LogP contribution in [0.1, 0.15) is 31.3 Å². The van der Waals surface area contributed by atoms with E-state index < -0.39 is 0 Å². The van der Waals surface area contributed by atoms with Crippen LogP contribution in [0.15, 0.2) is 54.6 Å². The van der Waals surface area contributed by atoms with E-state index in [9.17, 15) is 0 Å². The Morgan fingerprint density at radius 3 is 2.38 bits per heavy atom. The van der Waals surface area contributed by atoms with E-state index >= 15 is 0 Å². The highest BCUT2D eigenvalue weighted by molar-refractivity contribution is 6.30. The second-order valence-electron chi connectivity index (χ2n) is 7.44. The van der Waals surface area contributed by atoms with E-state index in [1.165, 1.54) is 5.56 Å². The number of rotatable bonds is 3. The van der Waals surface area contributed by atoms with Gasteiger partial charge in [0.05, 0.1) is 18.8 Å². The highest BCUT2D eigenvalue weighted by Crippen LogP contribution is 2.40. The average molecular weight is 373 g/mol. The van der Waals surface area contributed by atoms with Crippen LogP contribution < -0.4 is 0 Å². The van der Waals surface area contributed by atoms with Gasteiger partial charge in [0.2, 0.25) is 0 Å². The van der Waals surface area contributed by atoms with Crippen LogP contribution in [0, 0.1) is 11.8 Å². The van der Waals surface area contributed by atoms with Crippen LogP contribution in [-0.4, -0.2) is 24.9 Å². The van der Waals surface area contributed by atoms with Gasteiger partial charge in [-0.05, 0) is 36.0 Å². The van der Waals surface area contributed by atoms with Gasteiger partial charge in [0.1, 0.15) is 6.10 Å². The molecule has 2 fully saturated rings. The molecule has 0 N–H and O–H groups in total. The summed E-state index contributed by atoms with van der Waals surface area (Å²) in [5.41, 5.74) is 2.31. The minimum atomic E-state index is -0.350. The molecule has 0 bridgehead atoms. The van der Waals surface area contributed by atoms with Crippen molar-refractivity contribution in [2.24, 2.45) is 11.8 Å². The SMILES string of the molecule is CC1C(Cc2ccccc2)OC2COC(c3ccc(Cl)cc3)OC2C1C. The third kappa shape index (κ3) is 3.67. The van der Waals surface area contributed by atoms with Crippen LogP contribution in [0.4, 0.5) is 0 Å². The van der Waals surface area contributed by atoms with E-state index in [-0.39, 0.29) is 24.6 Å². The van der Waals surface area contributed by atoms with Gasteiger partial charge in [-0.25, -0.2) is 0 Å². The molecule has 2 heterocycles. The van der Waals surface area contributed by atoms with Gasteiger partial charge in [-0.15, -0.1) is 0 Å². The predicted octanol–water partition coefficient (Wildman–Crippen LogP) is 5.04. The summed E-state index contributed by atoms with van der Waals surface area (Å²) in [5, 5.41) is 0.717. The summed E-state index contributed by atoms with van der Waals surface area (Å²) < 4.78 is 18.7. The van der Waals surface area contributed by atoms with Crippen molar-refractivity contribution in [2.45, 2.75) is 44.9 Å². The molecule has 0 radical (unpaired) electrons. The summed E-state index contributed by atoms with van der Waals surface area (Å²) in [6.07, 6.45) is 0.797. The maximum absolute atomic E-state index is 6.41. The molecule has 2 saturated heterocycles. The topological polar surface area (TPSA) is 27.7 Å². The molecular weight excluding hydrogens is 348 g/mol. The number of fused-ring (bicyclic) bond motifs is 1. The van der Waals surface area contributed by atoms with Crippen LogP contribution in [0.25, 0.3) is 0 Å². The standard InChI is InChI=1S/C22H25ClO3/c1-14-15(2)21-20(25-19(14)12-16-6-4-3-5-7-16)13-24-22(26-21)17-8-10-18(23)11-9-17/h3-11,14-15,19-22H,12-13H2,1-2H3. The first kappa shape index (κ1) is 18.0. The molecule has 2 aromatic carbocycles. The van der Waals surface area contributed by atoms with E-state index in [1.807, 2.05) is 30.3 Å². The smallest absolute Gasteiger partial charge is 0.184 e. The minimum absolute atomic E-state index is 0.0153. The number of hydrogen-bond donors (Lipinski definition) is 0. The van der Waals surface area contributed by atoms with Gasteiger partial charge in [0.25, 0.3) is 0 Å². The normalized spacial score (nSPS) is 34.3. The second-order valence-corrected chi connectivity index (χ2v) is 7.87. The summed E-state index contributed by atoms with van der Waals surface area (Å²) >= 11 is 5.98. The van der Waals surface area contributed by atoms with E-state index in [0.717, 1.165) is 12.0 Å². The fraction of sp³-hybridized carbons (Fsp3) is 0.455. The molecule has 6 atom stereocenters. The lowest BCUT2D eigenvalue weighted by Gasteiger charge is -2.48. The fourth-order valence-electron chi connectivity index (χ4n) is 3.99. The Morgan fingerprint density at radius 2 is 1.65 bits per heavy atom. The lowest BCUT2D eigenvalue weighted by Crippen LogP contribution is -2.55. The Morgan fingerprint density at radius 1 is 0.923 bits per heavy atom. The summed E-state index contributed by atoms with van der Waals surface area (Å²) in [4.78, 5) is 0. The molecule has 138 valence electrons. The van der Waals surface area contributed by atoms with Crippen molar-refractivity contribution >= 4 is 11.6 Å². The van der Waals surface area contributed by atoms with Crippen molar-refractivity contribution in [3.63, 3.8) is 0 Å². The molecule has 3 nitrogen and oxygen atoms in total. The zero-order valence-corrected chi connectivity index (χ0v) is 15.9. The predicted molar refractivity (Wildman–Crippen MR) is 102 cm³/mol. The molecule has 26 heavy (non-hydrogen) atoms. The third-order valence-corrected chi connectivity index (χ3v) is 6.02. The zero-order valence-electron chi connectivity index (χ0n) is 15.2. The van der Waals surface area contributed by atoms with Crippen LogP contribution in [0.2, 0.25) is 5.02 Å². The number of halogens is 1. The van der Waals surface area contributed by atoms with E-state index in [4.69, 9.17) is 25.8 Å². The second kappa shape index (κ2) is 7.69. The lowest BCUT2D eigenvalue weighted by molar-refractivity contribution is -0.309. The largest absolute Gasteiger partial charge is 0.369 e. The molecule has 2 aliphatic heterocycles. The highest BCUT2D eigenvalue weighted by Gasteiger charge is 2.45. The van der Waals surface area contributed by atoms with Crippen LogP contribution in [-0.2, 0) is 20.6 Å². The van der Waals surface area contributed by atoms with Crippen LogP contribution in [0.5, 0.6) is 0 Å². The van der Waals surface area contributed by atoms with Crippen LogP contribution in [0.3, 0.4) is 0 Å². The maximum Gasteiger partial charge on any atom is 0.184 e. The molecular formula is C22H25ClO3. The fourth-order valence-corrected chi connectivity index (χ4v) is 4.11. The third-order valence-electron chi connectivity index (χ3n) is 5.76. The molecule has 0 saturated carbocycles. The first-order chi connectivity index (χ1) is 12.6. The van der Waals surface area contributed by atoms with Crippen molar-refractivity contribution in [1.29, 1.82) is 0 Å². The number of benzene rings is 2. The Labute approximate surface area is 160 Å². The molecule has 0 aliphatic carbocycles. The lowest BCUT2D eigenvalue weighted by atomic mass is 9.79. The van der Waals surface area contributed by atoms with Gasteiger partial charge in [-0.3, -0.25) is 0 Å². The van der Waals surface area contributed by atoms with Crippen molar-refractivity contribution in [3.8, 4) is 0 Å². The average Bonchev–Trinajstić information content (AvgIpc) is 2.67. The Hall–Kier alpha value is -1.39. The first-order valence-corrected chi connectivity index (χ1v) is 9.71. The molecule has 0 aromatic heterocycles. The van der Waals surface area contributed by atoms with Crippen molar-refractivity contribution in [1.82, 2.24) is 0 Å². The van der Waals surface area contributed by atoms with Crippen molar-refractivity contribution < 1.29 is 14.2 Å². The van der Waals surface area contributed by atoms with E-state index in [1.54, 1.807) is 0 Å². The molecule has 2 aromatic rings. The van der Waals surface area contributed by atoms with Crippen molar-refractivity contribution in [2.75, 3.05) is 6.61 Å². The van der Waals surface area contributed by atoms with Gasteiger partial charge in [-0.2, -0.15) is 0 Å². The quantitative estimate of drug-likeness (QED) is 0.755. The Bertz CT molecular complexity index is 716. The van der Waals surface area contributed by atoms with Gasteiger partial charge in [-0.1, -0.05) is 67.9 Å².